The van der Waals surface area contributed by atoms with Crippen LogP contribution in [0.15, 0.2) is 69.9 Å². The average molecular weight is 462 g/mol. The number of rotatable bonds is 7. The maximum absolute atomic E-state index is 12.8. The molecule has 4 aromatic rings. The highest BCUT2D eigenvalue weighted by Gasteiger charge is 2.19. The summed E-state index contributed by atoms with van der Waals surface area (Å²) >= 11 is 0. The van der Waals surface area contributed by atoms with Gasteiger partial charge in [0.05, 0.1) is 39.6 Å². The molecule has 1 heterocycles. The molecule has 3 aromatic carbocycles. The molecule has 0 aliphatic heterocycles. The standard InChI is InChI=1S/C26H22O8/c1-29-18-8-5-15(6-9-18)20-11-16-7-10-19(14-21(16)34-26(20)28)33-25(27)17-12-22(30-2)24(32-4)23(13-17)31-3/h5-14H,1-4H3. The van der Waals surface area contributed by atoms with Crippen LogP contribution in [0.25, 0.3) is 22.1 Å². The summed E-state index contributed by atoms with van der Waals surface area (Å²) in [7, 11) is 5.96. The Bertz CT molecular complexity index is 1380. The average Bonchev–Trinajstić information content (AvgIpc) is 2.87. The predicted octanol–water partition coefficient (Wildman–Crippen LogP) is 4.71. The Kier molecular flexibility index (Phi) is 6.40. The van der Waals surface area contributed by atoms with Crippen molar-refractivity contribution < 1.29 is 32.9 Å². The van der Waals surface area contributed by atoms with E-state index < -0.39 is 11.6 Å². The number of hydrogen-bond donors (Lipinski definition) is 0. The SMILES string of the molecule is COc1ccc(-c2cc3ccc(OC(=O)c4cc(OC)c(OC)c(OC)c4)cc3oc2=O)cc1. The minimum Gasteiger partial charge on any atom is -0.497 e. The molecule has 0 fully saturated rings. The van der Waals surface area contributed by atoms with Crippen molar-refractivity contribution in [3.05, 3.63) is 76.6 Å². The lowest BCUT2D eigenvalue weighted by Gasteiger charge is -2.13. The second-order valence-corrected chi connectivity index (χ2v) is 7.18. The van der Waals surface area contributed by atoms with Crippen molar-refractivity contribution in [2.75, 3.05) is 28.4 Å². The van der Waals surface area contributed by atoms with Crippen molar-refractivity contribution in [2.45, 2.75) is 0 Å². The van der Waals surface area contributed by atoms with Crippen LogP contribution < -0.4 is 29.3 Å². The molecule has 0 aliphatic carbocycles. The van der Waals surface area contributed by atoms with Crippen LogP contribution in [0.2, 0.25) is 0 Å². The third kappa shape index (κ3) is 4.38. The van der Waals surface area contributed by atoms with Gasteiger partial charge < -0.3 is 28.1 Å². The molecule has 0 aliphatic rings. The van der Waals surface area contributed by atoms with Crippen LogP contribution in [0.4, 0.5) is 0 Å². The summed E-state index contributed by atoms with van der Waals surface area (Å²) < 4.78 is 32.0. The Morgan fingerprint density at radius 1 is 0.735 bits per heavy atom. The minimum atomic E-state index is -0.643. The van der Waals surface area contributed by atoms with Crippen molar-refractivity contribution in [1.82, 2.24) is 0 Å². The molecule has 0 saturated carbocycles. The summed E-state index contributed by atoms with van der Waals surface area (Å²) in [4.78, 5) is 25.4. The Morgan fingerprint density at radius 2 is 1.38 bits per heavy atom. The molecule has 0 spiro atoms. The highest BCUT2D eigenvalue weighted by molar-refractivity contribution is 5.93. The third-order valence-electron chi connectivity index (χ3n) is 5.22. The van der Waals surface area contributed by atoms with Crippen molar-refractivity contribution in [3.8, 4) is 39.9 Å². The van der Waals surface area contributed by atoms with Gasteiger partial charge in [0, 0.05) is 11.5 Å². The first kappa shape index (κ1) is 22.7. The first-order valence-electron chi connectivity index (χ1n) is 10.2. The van der Waals surface area contributed by atoms with Crippen LogP contribution in [0, 0.1) is 0 Å². The van der Waals surface area contributed by atoms with Gasteiger partial charge in [-0.1, -0.05) is 12.1 Å². The van der Waals surface area contributed by atoms with E-state index in [9.17, 15) is 9.59 Å². The number of esters is 1. The predicted molar refractivity (Wildman–Crippen MR) is 126 cm³/mol. The van der Waals surface area contributed by atoms with Gasteiger partial charge in [0.15, 0.2) is 11.5 Å². The highest BCUT2D eigenvalue weighted by atomic mass is 16.5. The van der Waals surface area contributed by atoms with Gasteiger partial charge in [-0.15, -0.1) is 0 Å². The maximum Gasteiger partial charge on any atom is 0.344 e. The fourth-order valence-electron chi connectivity index (χ4n) is 3.49. The molecular formula is C26H22O8. The molecule has 0 atom stereocenters. The van der Waals surface area contributed by atoms with Crippen LogP contribution in [0.1, 0.15) is 10.4 Å². The van der Waals surface area contributed by atoms with Crippen LogP contribution in [0.3, 0.4) is 0 Å². The lowest BCUT2D eigenvalue weighted by atomic mass is 10.1. The third-order valence-corrected chi connectivity index (χ3v) is 5.22. The number of benzene rings is 3. The Labute approximate surface area is 195 Å². The highest BCUT2D eigenvalue weighted by Crippen LogP contribution is 2.38. The van der Waals surface area contributed by atoms with Crippen LogP contribution in [-0.2, 0) is 0 Å². The molecule has 174 valence electrons. The van der Waals surface area contributed by atoms with E-state index in [1.54, 1.807) is 49.6 Å². The molecule has 0 N–H and O–H groups in total. The lowest BCUT2D eigenvalue weighted by Crippen LogP contribution is -2.10. The van der Waals surface area contributed by atoms with Gasteiger partial charge in [-0.3, -0.25) is 0 Å². The van der Waals surface area contributed by atoms with Crippen LogP contribution >= 0.6 is 0 Å². The van der Waals surface area contributed by atoms with Crippen molar-refractivity contribution in [2.24, 2.45) is 0 Å². The first-order valence-corrected chi connectivity index (χ1v) is 10.2. The summed E-state index contributed by atoms with van der Waals surface area (Å²) in [5.74, 6) is 1.27. The monoisotopic (exact) mass is 462 g/mol. The minimum absolute atomic E-state index is 0.200. The normalized spacial score (nSPS) is 10.6. The zero-order valence-electron chi connectivity index (χ0n) is 19.0. The Balaban J connectivity index is 1.63. The molecule has 8 nitrogen and oxygen atoms in total. The molecule has 8 heteroatoms. The zero-order valence-corrected chi connectivity index (χ0v) is 19.0. The molecule has 1 aromatic heterocycles. The van der Waals surface area contributed by atoms with Gasteiger partial charge in [-0.25, -0.2) is 9.59 Å². The Hall–Kier alpha value is -4.46. The summed E-state index contributed by atoms with van der Waals surface area (Å²) in [6.45, 7) is 0. The summed E-state index contributed by atoms with van der Waals surface area (Å²) in [6, 6.07) is 16.6. The van der Waals surface area contributed by atoms with Crippen LogP contribution in [0.5, 0.6) is 28.7 Å². The van der Waals surface area contributed by atoms with Gasteiger partial charge in [0.25, 0.3) is 0 Å². The van der Waals surface area contributed by atoms with Crippen molar-refractivity contribution >= 4 is 16.9 Å². The fourth-order valence-corrected chi connectivity index (χ4v) is 3.49. The van der Waals surface area contributed by atoms with E-state index in [-0.39, 0.29) is 16.9 Å². The number of fused-ring (bicyclic) bond motifs is 1. The van der Waals surface area contributed by atoms with E-state index in [1.165, 1.54) is 39.5 Å². The molecule has 34 heavy (non-hydrogen) atoms. The first-order chi connectivity index (χ1) is 16.5. The molecule has 0 saturated heterocycles. The molecule has 0 amide bonds. The van der Waals surface area contributed by atoms with E-state index in [1.807, 2.05) is 0 Å². The van der Waals surface area contributed by atoms with E-state index >= 15 is 0 Å². The van der Waals surface area contributed by atoms with Crippen LogP contribution in [-0.4, -0.2) is 34.4 Å². The number of methoxy groups -OCH3 is 4. The number of ether oxygens (including phenoxy) is 5. The number of hydrogen-bond acceptors (Lipinski definition) is 8. The topological polar surface area (TPSA) is 93.4 Å². The van der Waals surface area contributed by atoms with E-state index in [2.05, 4.69) is 0 Å². The van der Waals surface area contributed by atoms with Crippen molar-refractivity contribution in [1.29, 1.82) is 0 Å². The molecule has 0 bridgehead atoms. The van der Waals surface area contributed by atoms with Gasteiger partial charge >= 0.3 is 11.6 Å². The molecule has 0 unspecified atom stereocenters. The summed E-state index contributed by atoms with van der Waals surface area (Å²) in [5.41, 5.74) is 1.10. The smallest absolute Gasteiger partial charge is 0.344 e. The molecule has 0 radical (unpaired) electrons. The largest absolute Gasteiger partial charge is 0.497 e. The Morgan fingerprint density at radius 3 is 1.97 bits per heavy atom. The van der Waals surface area contributed by atoms with Gasteiger partial charge in [-0.05, 0) is 48.0 Å². The van der Waals surface area contributed by atoms with Gasteiger partial charge in [0.2, 0.25) is 5.75 Å². The number of carbonyl (C=O) groups excluding carboxylic acids is 1. The quantitative estimate of drug-likeness (QED) is 0.221. The number of carbonyl (C=O) groups is 1. The molecule has 4 rings (SSSR count). The van der Waals surface area contributed by atoms with Crippen molar-refractivity contribution in [3.63, 3.8) is 0 Å². The lowest BCUT2D eigenvalue weighted by molar-refractivity contribution is 0.0734. The van der Waals surface area contributed by atoms with E-state index in [0.717, 1.165) is 0 Å². The van der Waals surface area contributed by atoms with Gasteiger partial charge in [0.1, 0.15) is 17.1 Å². The molecular weight excluding hydrogens is 440 g/mol. The maximum atomic E-state index is 12.8. The fraction of sp³-hybridized carbons (Fsp3) is 0.154. The van der Waals surface area contributed by atoms with E-state index in [0.29, 0.717) is 39.5 Å². The summed E-state index contributed by atoms with van der Waals surface area (Å²) in [5, 5.41) is 0.679. The summed E-state index contributed by atoms with van der Waals surface area (Å²) in [6.07, 6.45) is 0. The second-order valence-electron chi connectivity index (χ2n) is 7.18. The zero-order chi connectivity index (χ0) is 24.2. The van der Waals surface area contributed by atoms with E-state index in [4.69, 9.17) is 28.1 Å². The second kappa shape index (κ2) is 9.58. The van der Waals surface area contributed by atoms with Gasteiger partial charge in [-0.2, -0.15) is 0 Å².